The maximum Gasteiger partial charge on any atom is 0.435 e. The first-order valence-electron chi connectivity index (χ1n) is 11.4. The minimum absolute atomic E-state index is 0.0145. The van der Waals surface area contributed by atoms with E-state index in [0.717, 1.165) is 16.7 Å². The number of non-ortho nitro benzene ring substituents is 1. The van der Waals surface area contributed by atoms with E-state index in [-0.39, 0.29) is 5.69 Å². The number of aromatic nitrogens is 3. The van der Waals surface area contributed by atoms with E-state index in [0.29, 0.717) is 29.4 Å². The van der Waals surface area contributed by atoms with Crippen molar-refractivity contribution in [2.75, 3.05) is 5.32 Å². The molecule has 2 heterocycles. The first-order chi connectivity index (χ1) is 17.1. The third-order valence-corrected chi connectivity index (χ3v) is 5.22. The van der Waals surface area contributed by atoms with Gasteiger partial charge in [0.05, 0.1) is 10.6 Å². The number of carbonyl (C=O) groups is 1. The minimum atomic E-state index is -0.643. The van der Waals surface area contributed by atoms with Crippen LogP contribution < -0.4 is 5.32 Å². The molecule has 0 amide bonds. The normalized spacial score (nSPS) is 11.2. The quantitative estimate of drug-likeness (QED) is 0.253. The first-order valence-corrected chi connectivity index (χ1v) is 11.4. The molecule has 0 spiro atoms. The average Bonchev–Trinajstić information content (AvgIpc) is 3.18. The van der Waals surface area contributed by atoms with Crippen LogP contribution in [0.3, 0.4) is 0 Å². The number of anilines is 2. The van der Waals surface area contributed by atoms with Crippen molar-refractivity contribution in [1.82, 2.24) is 14.8 Å². The Labute approximate surface area is 208 Å². The van der Waals surface area contributed by atoms with Gasteiger partial charge in [0.1, 0.15) is 11.4 Å². The molecule has 1 N–H and O–H groups in total. The lowest BCUT2D eigenvalue weighted by Crippen LogP contribution is -2.28. The van der Waals surface area contributed by atoms with Gasteiger partial charge < -0.3 is 10.1 Å². The highest BCUT2D eigenvalue weighted by Gasteiger charge is 2.21. The summed E-state index contributed by atoms with van der Waals surface area (Å²) in [7, 11) is 0. The van der Waals surface area contributed by atoms with Crippen molar-refractivity contribution in [3.05, 3.63) is 99.7 Å². The SMILES string of the molecule is Cc1cc(Nc2cc(Cc3ccccc3)cc(-c3ccc([N+](=O)[O-])cc3)n2)nn1C(=O)OC(C)(C)C. The van der Waals surface area contributed by atoms with Crippen molar-refractivity contribution in [2.24, 2.45) is 0 Å². The fourth-order valence-corrected chi connectivity index (χ4v) is 3.64. The number of carbonyl (C=O) groups excluding carboxylic acids is 1. The molecule has 0 fully saturated rings. The smallest absolute Gasteiger partial charge is 0.435 e. The van der Waals surface area contributed by atoms with Gasteiger partial charge in [-0.1, -0.05) is 30.3 Å². The Morgan fingerprint density at radius 3 is 2.33 bits per heavy atom. The summed E-state index contributed by atoms with van der Waals surface area (Å²) in [6, 6.07) is 21.9. The van der Waals surface area contributed by atoms with E-state index in [1.54, 1.807) is 45.9 Å². The molecule has 0 unspecified atom stereocenters. The summed E-state index contributed by atoms with van der Waals surface area (Å²) in [5.41, 5.74) is 3.52. The number of nitro benzene ring substituents is 1. The van der Waals surface area contributed by atoms with Crippen LogP contribution in [0.2, 0.25) is 0 Å². The molecule has 36 heavy (non-hydrogen) atoms. The number of ether oxygens (including phenoxy) is 1. The lowest BCUT2D eigenvalue weighted by atomic mass is 10.0. The molecular weight excluding hydrogens is 458 g/mol. The highest BCUT2D eigenvalue weighted by Crippen LogP contribution is 2.26. The summed E-state index contributed by atoms with van der Waals surface area (Å²) in [5.74, 6) is 0.975. The molecular formula is C27H27N5O4. The zero-order valence-electron chi connectivity index (χ0n) is 20.6. The number of nitrogens with one attached hydrogen (secondary N) is 1. The fourth-order valence-electron chi connectivity index (χ4n) is 3.64. The van der Waals surface area contributed by atoms with Crippen molar-refractivity contribution in [2.45, 2.75) is 39.7 Å². The van der Waals surface area contributed by atoms with E-state index in [2.05, 4.69) is 10.4 Å². The molecule has 0 aliphatic carbocycles. The van der Waals surface area contributed by atoms with Gasteiger partial charge in [0, 0.05) is 29.5 Å². The van der Waals surface area contributed by atoms with Gasteiger partial charge in [-0.2, -0.15) is 4.68 Å². The van der Waals surface area contributed by atoms with Crippen LogP contribution in [0.25, 0.3) is 11.3 Å². The molecule has 2 aromatic carbocycles. The van der Waals surface area contributed by atoms with E-state index in [1.807, 2.05) is 42.5 Å². The maximum absolute atomic E-state index is 12.5. The van der Waals surface area contributed by atoms with Crippen LogP contribution in [0.1, 0.15) is 37.6 Å². The highest BCUT2D eigenvalue weighted by atomic mass is 16.6. The van der Waals surface area contributed by atoms with Crippen molar-refractivity contribution < 1.29 is 14.5 Å². The molecule has 0 saturated carbocycles. The summed E-state index contributed by atoms with van der Waals surface area (Å²) in [6.07, 6.45) is 0.106. The molecule has 4 rings (SSSR count). The van der Waals surface area contributed by atoms with E-state index in [1.165, 1.54) is 16.8 Å². The standard InChI is InChI=1S/C27H27N5O4/c1-18-14-25(30-31(18)26(33)36-27(2,3)4)29-24-17-20(15-19-8-6-5-7-9-19)16-23(28-24)21-10-12-22(13-11-21)32(34)35/h5-14,16-17H,15H2,1-4H3,(H,28,29,30). The average molecular weight is 486 g/mol. The van der Waals surface area contributed by atoms with Crippen LogP contribution in [0.5, 0.6) is 0 Å². The predicted molar refractivity (Wildman–Crippen MR) is 137 cm³/mol. The van der Waals surface area contributed by atoms with Crippen LogP contribution in [-0.4, -0.2) is 31.4 Å². The third-order valence-electron chi connectivity index (χ3n) is 5.22. The van der Waals surface area contributed by atoms with Gasteiger partial charge in [0.2, 0.25) is 0 Å². The third kappa shape index (κ3) is 6.12. The largest absolute Gasteiger partial charge is 0.442 e. The van der Waals surface area contributed by atoms with Crippen molar-refractivity contribution in [3.63, 3.8) is 0 Å². The van der Waals surface area contributed by atoms with Crippen LogP contribution in [-0.2, 0) is 11.2 Å². The monoisotopic (exact) mass is 485 g/mol. The molecule has 0 bridgehead atoms. The van der Waals surface area contributed by atoms with E-state index >= 15 is 0 Å². The number of pyridine rings is 1. The number of benzene rings is 2. The molecule has 184 valence electrons. The number of aryl methyl sites for hydroxylation is 1. The van der Waals surface area contributed by atoms with Gasteiger partial charge in [-0.05, 0) is 69.5 Å². The Hall–Kier alpha value is -4.53. The number of nitrogens with zero attached hydrogens (tertiary/aromatic N) is 4. The van der Waals surface area contributed by atoms with Crippen molar-refractivity contribution >= 4 is 23.4 Å². The van der Waals surface area contributed by atoms with Gasteiger partial charge in [0.25, 0.3) is 5.69 Å². The van der Waals surface area contributed by atoms with Crippen molar-refractivity contribution in [1.29, 1.82) is 0 Å². The molecule has 2 aromatic heterocycles. The summed E-state index contributed by atoms with van der Waals surface area (Å²) in [4.78, 5) is 27.8. The molecule has 0 radical (unpaired) electrons. The second kappa shape index (κ2) is 9.99. The maximum atomic E-state index is 12.5. The molecule has 0 aliphatic heterocycles. The molecule has 4 aromatic rings. The lowest BCUT2D eigenvalue weighted by Gasteiger charge is -2.19. The summed E-state index contributed by atoms with van der Waals surface area (Å²) < 4.78 is 6.63. The summed E-state index contributed by atoms with van der Waals surface area (Å²) in [6.45, 7) is 7.16. The fraction of sp³-hybridized carbons (Fsp3) is 0.222. The second-order valence-corrected chi connectivity index (χ2v) is 9.40. The van der Waals surface area contributed by atoms with Crippen LogP contribution in [0.4, 0.5) is 22.1 Å². The van der Waals surface area contributed by atoms with E-state index in [9.17, 15) is 14.9 Å². The van der Waals surface area contributed by atoms with Gasteiger partial charge in [-0.25, -0.2) is 9.78 Å². The van der Waals surface area contributed by atoms with Gasteiger partial charge in [0.15, 0.2) is 5.82 Å². The Bertz CT molecular complexity index is 1390. The van der Waals surface area contributed by atoms with E-state index < -0.39 is 16.6 Å². The zero-order valence-corrected chi connectivity index (χ0v) is 20.6. The number of rotatable bonds is 6. The van der Waals surface area contributed by atoms with Gasteiger partial charge in [-0.3, -0.25) is 10.1 Å². The summed E-state index contributed by atoms with van der Waals surface area (Å²) >= 11 is 0. The lowest BCUT2D eigenvalue weighted by molar-refractivity contribution is -0.384. The molecule has 0 aliphatic rings. The molecule has 9 nitrogen and oxygen atoms in total. The number of hydrogen-bond acceptors (Lipinski definition) is 7. The number of hydrogen-bond donors (Lipinski definition) is 1. The molecule has 0 atom stereocenters. The van der Waals surface area contributed by atoms with E-state index in [4.69, 9.17) is 9.72 Å². The Morgan fingerprint density at radius 1 is 1.00 bits per heavy atom. The van der Waals surface area contributed by atoms with Crippen LogP contribution in [0, 0.1) is 17.0 Å². The zero-order chi connectivity index (χ0) is 25.9. The summed E-state index contributed by atoms with van der Waals surface area (Å²) in [5, 5.41) is 18.6. The molecule has 9 heteroatoms. The van der Waals surface area contributed by atoms with Crippen LogP contribution in [0.15, 0.2) is 72.8 Å². The first kappa shape index (κ1) is 24.6. The van der Waals surface area contributed by atoms with Gasteiger partial charge in [-0.15, -0.1) is 5.10 Å². The predicted octanol–water partition coefficient (Wildman–Crippen LogP) is 6.28. The highest BCUT2D eigenvalue weighted by molar-refractivity contribution is 5.72. The number of nitro groups is 1. The minimum Gasteiger partial charge on any atom is -0.442 e. The Kier molecular flexibility index (Phi) is 6.82. The topological polar surface area (TPSA) is 112 Å². The van der Waals surface area contributed by atoms with Gasteiger partial charge >= 0.3 is 6.09 Å². The Balaban J connectivity index is 1.67. The second-order valence-electron chi connectivity index (χ2n) is 9.40. The van der Waals surface area contributed by atoms with Crippen LogP contribution >= 0.6 is 0 Å². The molecule has 0 saturated heterocycles. The van der Waals surface area contributed by atoms with Crippen molar-refractivity contribution in [3.8, 4) is 11.3 Å². The Morgan fingerprint density at radius 2 is 1.69 bits per heavy atom.